The third-order valence-corrected chi connectivity index (χ3v) is 6.90. The van der Waals surface area contributed by atoms with Gasteiger partial charge in [0.1, 0.15) is 0 Å². The Kier molecular flexibility index (Phi) is 5.41. The van der Waals surface area contributed by atoms with Crippen molar-refractivity contribution in [3.05, 3.63) is 0 Å². The molecule has 16 heavy (non-hydrogen) atoms. The smallest absolute Gasteiger partial charge is 0.460 e. The largest absolute Gasteiger partial charge is 0.485 e. The second kappa shape index (κ2) is 5.63. The highest BCUT2D eigenvalue weighted by Gasteiger charge is 2.39. The summed E-state index contributed by atoms with van der Waals surface area (Å²) in [7, 11) is -3.87. The fourth-order valence-corrected chi connectivity index (χ4v) is 7.61. The highest BCUT2D eigenvalue weighted by Crippen LogP contribution is 2.22. The first-order valence-corrected chi connectivity index (χ1v) is 11.7. The highest BCUT2D eigenvalue weighted by atomic mass is 28.4. The van der Waals surface area contributed by atoms with E-state index in [1.807, 2.05) is 0 Å². The van der Waals surface area contributed by atoms with Crippen molar-refractivity contribution < 1.29 is 18.4 Å². The van der Waals surface area contributed by atoms with Crippen LogP contribution in [0, 0.1) is 0 Å². The third kappa shape index (κ3) is 7.64. The Balaban J connectivity index is 4.53. The van der Waals surface area contributed by atoms with Crippen molar-refractivity contribution in [3.63, 3.8) is 0 Å². The van der Waals surface area contributed by atoms with Gasteiger partial charge in [0, 0.05) is 34.5 Å². The van der Waals surface area contributed by atoms with Crippen molar-refractivity contribution in [1.29, 1.82) is 0 Å². The molecule has 0 amide bonds. The number of rotatable bonds is 5. The number of hydrogen-bond donors (Lipinski definition) is 0. The van der Waals surface area contributed by atoms with Crippen molar-refractivity contribution in [3.8, 4) is 0 Å². The van der Waals surface area contributed by atoms with Gasteiger partial charge < -0.3 is 8.85 Å². The standard InChI is InChI=1S/C10H22O4Si2/c1-9(11)13-16(6,14-10(2)12)8-7-15(3,4)5/h7-8H2,1-6H3. The Labute approximate surface area is 99.6 Å². The summed E-state index contributed by atoms with van der Waals surface area (Å²) in [5.74, 6) is -0.739. The lowest BCUT2D eigenvalue weighted by Crippen LogP contribution is -2.43. The molecule has 0 aromatic rings. The van der Waals surface area contributed by atoms with E-state index in [1.54, 1.807) is 6.55 Å². The molecule has 4 nitrogen and oxygen atoms in total. The van der Waals surface area contributed by atoms with Crippen molar-refractivity contribution in [1.82, 2.24) is 0 Å². The summed E-state index contributed by atoms with van der Waals surface area (Å²) >= 11 is 0. The van der Waals surface area contributed by atoms with E-state index in [4.69, 9.17) is 8.85 Å². The molecule has 0 bridgehead atoms. The zero-order valence-electron chi connectivity index (χ0n) is 11.0. The highest BCUT2D eigenvalue weighted by molar-refractivity contribution is 6.78. The van der Waals surface area contributed by atoms with Crippen LogP contribution < -0.4 is 0 Å². The predicted octanol–water partition coefficient (Wildman–Crippen LogP) is 2.52. The van der Waals surface area contributed by atoms with Crippen LogP contribution >= 0.6 is 0 Å². The molecule has 0 N–H and O–H groups in total. The Morgan fingerprint density at radius 2 is 1.25 bits per heavy atom. The molecule has 94 valence electrons. The predicted molar refractivity (Wildman–Crippen MR) is 68.1 cm³/mol. The average Bonchev–Trinajstić information content (AvgIpc) is 1.96. The first-order valence-electron chi connectivity index (χ1n) is 5.43. The molecule has 0 aromatic heterocycles. The van der Waals surface area contributed by atoms with Crippen molar-refractivity contribution in [2.45, 2.75) is 52.1 Å². The van der Waals surface area contributed by atoms with Gasteiger partial charge in [-0.2, -0.15) is 0 Å². The first-order chi connectivity index (χ1) is 7.04. The molecule has 0 saturated carbocycles. The van der Waals surface area contributed by atoms with Gasteiger partial charge in [0.05, 0.1) is 0 Å². The quantitative estimate of drug-likeness (QED) is 0.714. The van der Waals surface area contributed by atoms with Crippen LogP contribution in [0.25, 0.3) is 0 Å². The van der Waals surface area contributed by atoms with Gasteiger partial charge in [0.25, 0.3) is 11.9 Å². The zero-order valence-corrected chi connectivity index (χ0v) is 13.0. The molecule has 0 atom stereocenters. The summed E-state index contributed by atoms with van der Waals surface area (Å²) in [5, 5.41) is 0. The topological polar surface area (TPSA) is 52.6 Å². The molecule has 0 aliphatic rings. The molecule has 0 fully saturated rings. The van der Waals surface area contributed by atoms with Crippen LogP contribution in [-0.4, -0.2) is 28.6 Å². The minimum atomic E-state index is -2.65. The fraction of sp³-hybridized carbons (Fsp3) is 0.800. The minimum absolute atomic E-state index is 0.369. The fourth-order valence-electron chi connectivity index (χ4n) is 1.33. The van der Waals surface area contributed by atoms with Gasteiger partial charge >= 0.3 is 8.56 Å². The number of carbonyl (C=O) groups is 2. The Morgan fingerprint density at radius 1 is 0.875 bits per heavy atom. The third-order valence-electron chi connectivity index (χ3n) is 2.05. The molecule has 0 aromatic carbocycles. The molecular formula is C10H22O4Si2. The van der Waals surface area contributed by atoms with E-state index < -0.39 is 16.6 Å². The normalized spacial score (nSPS) is 12.1. The lowest BCUT2D eigenvalue weighted by molar-refractivity contribution is -0.138. The van der Waals surface area contributed by atoms with E-state index in [0.717, 1.165) is 6.04 Å². The van der Waals surface area contributed by atoms with E-state index in [9.17, 15) is 9.59 Å². The number of carbonyl (C=O) groups excluding carboxylic acids is 2. The van der Waals surface area contributed by atoms with Crippen LogP contribution in [-0.2, 0) is 18.4 Å². The lowest BCUT2D eigenvalue weighted by Gasteiger charge is -2.27. The summed E-state index contributed by atoms with van der Waals surface area (Å²) in [6.07, 6.45) is 0. The summed E-state index contributed by atoms with van der Waals surface area (Å²) in [5.41, 5.74) is 0. The summed E-state index contributed by atoms with van der Waals surface area (Å²) < 4.78 is 10.4. The molecule has 0 heterocycles. The molecule has 0 aliphatic carbocycles. The molecule has 0 rings (SSSR count). The van der Waals surface area contributed by atoms with E-state index in [-0.39, 0.29) is 11.9 Å². The summed E-state index contributed by atoms with van der Waals surface area (Å²) in [6.45, 7) is 11.2. The van der Waals surface area contributed by atoms with Crippen molar-refractivity contribution in [2.24, 2.45) is 0 Å². The average molecular weight is 262 g/mol. The molecule has 0 radical (unpaired) electrons. The van der Waals surface area contributed by atoms with Gasteiger partial charge in [-0.15, -0.1) is 0 Å². The Hall–Kier alpha value is -0.626. The Bertz CT molecular complexity index is 254. The first kappa shape index (κ1) is 15.4. The van der Waals surface area contributed by atoms with Gasteiger partial charge in [0.2, 0.25) is 0 Å². The molecule has 0 saturated heterocycles. The molecule has 0 unspecified atom stereocenters. The van der Waals surface area contributed by atoms with Crippen molar-refractivity contribution in [2.75, 3.05) is 0 Å². The van der Waals surface area contributed by atoms with E-state index in [1.165, 1.54) is 13.8 Å². The lowest BCUT2D eigenvalue weighted by atomic mass is 10.9. The van der Waals surface area contributed by atoms with Crippen LogP contribution in [0.4, 0.5) is 0 Å². The van der Waals surface area contributed by atoms with Gasteiger partial charge in [-0.1, -0.05) is 25.7 Å². The van der Waals surface area contributed by atoms with E-state index in [2.05, 4.69) is 19.6 Å². The van der Waals surface area contributed by atoms with Crippen LogP contribution in [0.5, 0.6) is 0 Å². The SMILES string of the molecule is CC(=O)O[Si](C)(CC[Si](C)(C)C)OC(C)=O. The second-order valence-electron chi connectivity index (χ2n) is 5.38. The maximum Gasteiger partial charge on any atom is 0.460 e. The number of hydrogen-bond acceptors (Lipinski definition) is 4. The molecule has 0 spiro atoms. The van der Waals surface area contributed by atoms with Crippen LogP contribution in [0.1, 0.15) is 13.8 Å². The second-order valence-corrected chi connectivity index (χ2v) is 14.2. The summed E-state index contributed by atoms with van der Waals surface area (Å²) in [4.78, 5) is 22.0. The molecule has 0 aliphatic heterocycles. The summed E-state index contributed by atoms with van der Waals surface area (Å²) in [6, 6.07) is 1.69. The monoisotopic (exact) mass is 262 g/mol. The maximum absolute atomic E-state index is 11.0. The maximum atomic E-state index is 11.0. The minimum Gasteiger partial charge on any atom is -0.485 e. The molecule has 6 heteroatoms. The van der Waals surface area contributed by atoms with Gasteiger partial charge in [0.15, 0.2) is 0 Å². The van der Waals surface area contributed by atoms with Crippen LogP contribution in [0.2, 0.25) is 38.3 Å². The van der Waals surface area contributed by atoms with E-state index in [0.29, 0.717) is 6.04 Å². The zero-order chi connectivity index (χ0) is 13.0. The van der Waals surface area contributed by atoms with Crippen molar-refractivity contribution >= 4 is 28.6 Å². The van der Waals surface area contributed by atoms with Crippen LogP contribution in [0.15, 0.2) is 0 Å². The van der Waals surface area contributed by atoms with E-state index >= 15 is 0 Å². The van der Waals surface area contributed by atoms with Crippen LogP contribution in [0.3, 0.4) is 0 Å². The Morgan fingerprint density at radius 3 is 1.50 bits per heavy atom. The van der Waals surface area contributed by atoms with Gasteiger partial charge in [-0.3, -0.25) is 9.59 Å². The van der Waals surface area contributed by atoms with Gasteiger partial charge in [-0.05, 0) is 0 Å². The van der Waals surface area contributed by atoms with Gasteiger partial charge in [-0.25, -0.2) is 0 Å². The molecular weight excluding hydrogens is 240 g/mol.